The van der Waals surface area contributed by atoms with Crippen LogP contribution in [0.4, 0.5) is 11.6 Å². The van der Waals surface area contributed by atoms with Gasteiger partial charge in [-0.3, -0.25) is 4.79 Å². The van der Waals surface area contributed by atoms with E-state index in [4.69, 9.17) is 11.5 Å². The zero-order chi connectivity index (χ0) is 10.8. The van der Waals surface area contributed by atoms with Crippen molar-refractivity contribution in [3.8, 4) is 0 Å². The molecule has 2 heterocycles. The number of hydrogen-bond donors (Lipinski definition) is 2. The largest absolute Gasteiger partial charge is 0.382 e. The van der Waals surface area contributed by atoms with E-state index in [1.807, 2.05) is 4.90 Å². The zero-order valence-corrected chi connectivity index (χ0v) is 8.26. The Hall–Kier alpha value is -1.85. The highest BCUT2D eigenvalue weighted by molar-refractivity contribution is 5.78. The smallest absolute Gasteiger partial charge is 0.222 e. The Kier molecular flexibility index (Phi) is 2.40. The van der Waals surface area contributed by atoms with E-state index in [2.05, 4.69) is 10.2 Å². The third-order valence-electron chi connectivity index (χ3n) is 2.59. The Morgan fingerprint density at radius 2 is 2.27 bits per heavy atom. The summed E-state index contributed by atoms with van der Waals surface area (Å²) in [7, 11) is 0. The number of rotatable bonds is 2. The molecule has 1 amide bonds. The summed E-state index contributed by atoms with van der Waals surface area (Å²) in [5.41, 5.74) is 10.7. The zero-order valence-electron chi connectivity index (χ0n) is 8.26. The van der Waals surface area contributed by atoms with Crippen molar-refractivity contribution in [2.45, 2.75) is 6.42 Å². The van der Waals surface area contributed by atoms with E-state index in [1.165, 1.54) is 0 Å². The van der Waals surface area contributed by atoms with E-state index in [9.17, 15) is 4.79 Å². The van der Waals surface area contributed by atoms with Gasteiger partial charge in [0.1, 0.15) is 5.82 Å². The Morgan fingerprint density at radius 3 is 2.80 bits per heavy atom. The maximum absolute atomic E-state index is 11.0. The monoisotopic (exact) mass is 207 g/mol. The molecule has 0 bridgehead atoms. The van der Waals surface area contributed by atoms with Crippen LogP contribution in [0.1, 0.15) is 6.42 Å². The predicted molar refractivity (Wildman–Crippen MR) is 56.0 cm³/mol. The quantitative estimate of drug-likeness (QED) is 0.672. The van der Waals surface area contributed by atoms with E-state index in [0.717, 1.165) is 18.8 Å². The first-order chi connectivity index (χ1) is 7.16. The fourth-order valence-corrected chi connectivity index (χ4v) is 1.70. The van der Waals surface area contributed by atoms with Crippen LogP contribution in [-0.4, -0.2) is 29.2 Å². The first-order valence-electron chi connectivity index (χ1n) is 4.80. The fraction of sp³-hybridized carbons (Fsp3) is 0.444. The standard InChI is InChI=1S/C9H13N5O/c10-7-1-2-8(13-12-7)14-4-3-6(5-14)9(11)15/h1-2,6H,3-5H2,(H2,10,12)(H2,11,15). The first-order valence-corrected chi connectivity index (χ1v) is 4.80. The lowest BCUT2D eigenvalue weighted by molar-refractivity contribution is -0.121. The molecule has 0 saturated carbocycles. The van der Waals surface area contributed by atoms with Crippen molar-refractivity contribution in [3.63, 3.8) is 0 Å². The second-order valence-electron chi connectivity index (χ2n) is 3.65. The number of nitrogens with two attached hydrogens (primary N) is 2. The highest BCUT2D eigenvalue weighted by Gasteiger charge is 2.27. The maximum Gasteiger partial charge on any atom is 0.222 e. The number of amides is 1. The molecule has 0 spiro atoms. The number of carbonyl (C=O) groups excluding carboxylic acids is 1. The summed E-state index contributed by atoms with van der Waals surface area (Å²) in [4.78, 5) is 13.0. The second-order valence-corrected chi connectivity index (χ2v) is 3.65. The molecule has 0 aromatic carbocycles. The number of nitrogen functional groups attached to an aromatic ring is 1. The van der Waals surface area contributed by atoms with Gasteiger partial charge in [0, 0.05) is 13.1 Å². The number of hydrogen-bond acceptors (Lipinski definition) is 5. The molecule has 0 aliphatic carbocycles. The number of nitrogens with zero attached hydrogens (tertiary/aromatic N) is 3. The summed E-state index contributed by atoms with van der Waals surface area (Å²) < 4.78 is 0. The molecule has 2 rings (SSSR count). The van der Waals surface area contributed by atoms with Gasteiger partial charge in [-0.15, -0.1) is 10.2 Å². The molecular formula is C9H13N5O. The van der Waals surface area contributed by atoms with Crippen LogP contribution in [0.15, 0.2) is 12.1 Å². The topological polar surface area (TPSA) is 98.1 Å². The third kappa shape index (κ3) is 1.98. The van der Waals surface area contributed by atoms with Crippen LogP contribution >= 0.6 is 0 Å². The lowest BCUT2D eigenvalue weighted by Crippen LogP contribution is -2.27. The molecule has 1 unspecified atom stereocenters. The average Bonchev–Trinajstić information content (AvgIpc) is 2.68. The van der Waals surface area contributed by atoms with Gasteiger partial charge in [-0.2, -0.15) is 0 Å². The molecule has 6 heteroatoms. The van der Waals surface area contributed by atoms with Crippen molar-refractivity contribution in [1.82, 2.24) is 10.2 Å². The summed E-state index contributed by atoms with van der Waals surface area (Å²) in [6.45, 7) is 1.40. The summed E-state index contributed by atoms with van der Waals surface area (Å²) in [6.07, 6.45) is 0.779. The Labute approximate surface area is 87.3 Å². The van der Waals surface area contributed by atoms with E-state index in [-0.39, 0.29) is 11.8 Å². The molecule has 80 valence electrons. The molecule has 1 saturated heterocycles. The molecule has 1 aromatic heterocycles. The van der Waals surface area contributed by atoms with Crippen molar-refractivity contribution in [3.05, 3.63) is 12.1 Å². The van der Waals surface area contributed by atoms with E-state index in [0.29, 0.717) is 12.4 Å². The normalized spacial score (nSPS) is 20.5. The highest BCUT2D eigenvalue weighted by atomic mass is 16.1. The molecule has 1 aromatic rings. The first kappa shape index (κ1) is 9.70. The van der Waals surface area contributed by atoms with Gasteiger partial charge in [-0.05, 0) is 18.6 Å². The Balaban J connectivity index is 2.07. The van der Waals surface area contributed by atoms with Crippen molar-refractivity contribution in [2.24, 2.45) is 11.7 Å². The minimum Gasteiger partial charge on any atom is -0.382 e. The van der Waals surface area contributed by atoms with Crippen LogP contribution < -0.4 is 16.4 Å². The molecule has 1 aliphatic rings. The number of aromatic nitrogens is 2. The van der Waals surface area contributed by atoms with Gasteiger partial charge in [-0.1, -0.05) is 0 Å². The summed E-state index contributed by atoms with van der Waals surface area (Å²) in [5.74, 6) is 0.808. The van der Waals surface area contributed by atoms with Crippen molar-refractivity contribution < 1.29 is 4.79 Å². The van der Waals surface area contributed by atoms with Crippen LogP contribution in [0.2, 0.25) is 0 Å². The van der Waals surface area contributed by atoms with Gasteiger partial charge >= 0.3 is 0 Å². The maximum atomic E-state index is 11.0. The van der Waals surface area contributed by atoms with Crippen LogP contribution in [0.25, 0.3) is 0 Å². The third-order valence-corrected chi connectivity index (χ3v) is 2.59. The van der Waals surface area contributed by atoms with Gasteiger partial charge in [0.25, 0.3) is 0 Å². The lowest BCUT2D eigenvalue weighted by Gasteiger charge is -2.15. The summed E-state index contributed by atoms with van der Waals surface area (Å²) in [6, 6.07) is 3.49. The van der Waals surface area contributed by atoms with E-state index in [1.54, 1.807) is 12.1 Å². The SMILES string of the molecule is NC(=O)C1CCN(c2ccc(N)nn2)C1. The highest BCUT2D eigenvalue weighted by Crippen LogP contribution is 2.21. The van der Waals surface area contributed by atoms with Crippen molar-refractivity contribution in [1.29, 1.82) is 0 Å². The minimum atomic E-state index is -0.249. The van der Waals surface area contributed by atoms with Crippen molar-refractivity contribution in [2.75, 3.05) is 23.7 Å². The van der Waals surface area contributed by atoms with E-state index < -0.39 is 0 Å². The molecule has 15 heavy (non-hydrogen) atoms. The van der Waals surface area contributed by atoms with Crippen LogP contribution in [0.5, 0.6) is 0 Å². The molecule has 1 aliphatic heterocycles. The summed E-state index contributed by atoms with van der Waals surface area (Å²) >= 11 is 0. The van der Waals surface area contributed by atoms with Gasteiger partial charge in [0.15, 0.2) is 5.82 Å². The van der Waals surface area contributed by atoms with Gasteiger partial charge in [0.05, 0.1) is 5.92 Å². The summed E-state index contributed by atoms with van der Waals surface area (Å²) in [5, 5.41) is 7.72. The minimum absolute atomic E-state index is 0.0793. The predicted octanol–water partition coefficient (Wildman–Crippen LogP) is -0.630. The Morgan fingerprint density at radius 1 is 1.47 bits per heavy atom. The molecule has 4 N–H and O–H groups in total. The number of anilines is 2. The Bertz CT molecular complexity index is 363. The molecule has 6 nitrogen and oxygen atoms in total. The van der Waals surface area contributed by atoms with Gasteiger partial charge < -0.3 is 16.4 Å². The molecule has 1 atom stereocenters. The molecular weight excluding hydrogens is 194 g/mol. The number of carbonyl (C=O) groups is 1. The van der Waals surface area contributed by atoms with Crippen LogP contribution in [0.3, 0.4) is 0 Å². The van der Waals surface area contributed by atoms with E-state index >= 15 is 0 Å². The van der Waals surface area contributed by atoms with Crippen LogP contribution in [0, 0.1) is 5.92 Å². The van der Waals surface area contributed by atoms with Gasteiger partial charge in [-0.25, -0.2) is 0 Å². The second kappa shape index (κ2) is 3.72. The average molecular weight is 207 g/mol. The molecule has 0 radical (unpaired) electrons. The molecule has 1 fully saturated rings. The van der Waals surface area contributed by atoms with Crippen LogP contribution in [-0.2, 0) is 4.79 Å². The fourth-order valence-electron chi connectivity index (χ4n) is 1.70. The van der Waals surface area contributed by atoms with Gasteiger partial charge in [0.2, 0.25) is 5.91 Å². The lowest BCUT2D eigenvalue weighted by atomic mass is 10.1. The van der Waals surface area contributed by atoms with Crippen molar-refractivity contribution >= 4 is 17.5 Å². The number of primary amides is 1.